The fraction of sp³-hybridized carbons (Fsp3) is 0.667. The Morgan fingerprint density at radius 3 is 2.81 bits per heavy atom. The van der Waals surface area contributed by atoms with Gasteiger partial charge in [-0.3, -0.25) is 4.79 Å². The molecular weight excluding hydrogens is 202 g/mol. The van der Waals surface area contributed by atoms with Crippen molar-refractivity contribution in [3.63, 3.8) is 0 Å². The number of hydrogen-bond acceptors (Lipinski definition) is 3. The van der Waals surface area contributed by atoms with Crippen molar-refractivity contribution in [1.29, 1.82) is 0 Å². The monoisotopic (exact) mass is 221 g/mol. The molecule has 0 radical (unpaired) electrons. The van der Waals surface area contributed by atoms with E-state index in [1.54, 1.807) is 17.0 Å². The minimum absolute atomic E-state index is 0.00988. The van der Waals surface area contributed by atoms with Crippen LogP contribution in [0.3, 0.4) is 0 Å². The van der Waals surface area contributed by atoms with Gasteiger partial charge in [0.15, 0.2) is 5.82 Å². The highest BCUT2D eigenvalue weighted by Gasteiger charge is 2.38. The van der Waals surface area contributed by atoms with E-state index in [-0.39, 0.29) is 11.1 Å². The molecule has 88 valence electrons. The fourth-order valence-electron chi connectivity index (χ4n) is 1.67. The summed E-state index contributed by atoms with van der Waals surface area (Å²) in [4.78, 5) is 16.2. The third kappa shape index (κ3) is 2.43. The maximum absolute atomic E-state index is 12.0. The Hall–Kier alpha value is -1.32. The first-order valence-electron chi connectivity index (χ1n) is 5.84. The van der Waals surface area contributed by atoms with E-state index in [0.717, 1.165) is 19.4 Å². The molecule has 0 atom stereocenters. The van der Waals surface area contributed by atoms with Gasteiger partial charge in [-0.25, -0.2) is 4.98 Å². The Morgan fingerprint density at radius 1 is 1.56 bits per heavy atom. The van der Waals surface area contributed by atoms with Crippen LogP contribution in [-0.4, -0.2) is 15.1 Å². The molecule has 1 heterocycles. The number of aromatic nitrogens is 2. The molecule has 2 rings (SSSR count). The summed E-state index contributed by atoms with van der Waals surface area (Å²) in [5.74, 6) is 0.951. The Bertz CT molecular complexity index is 432. The Balaban J connectivity index is 2.22. The average Bonchev–Trinajstić information content (AvgIpc) is 2.90. The number of nitrogens with one attached hydrogen (secondary N) is 1. The van der Waals surface area contributed by atoms with Crippen molar-refractivity contribution in [2.45, 2.75) is 45.7 Å². The van der Waals surface area contributed by atoms with Crippen molar-refractivity contribution in [3.8, 4) is 0 Å². The Morgan fingerprint density at radius 2 is 2.25 bits per heavy atom. The van der Waals surface area contributed by atoms with Crippen LogP contribution in [-0.2, 0) is 6.54 Å². The zero-order valence-corrected chi connectivity index (χ0v) is 10.2. The van der Waals surface area contributed by atoms with Crippen LogP contribution in [0.4, 0.5) is 5.82 Å². The summed E-state index contributed by atoms with van der Waals surface area (Å²) >= 11 is 0. The number of rotatable bonds is 4. The van der Waals surface area contributed by atoms with E-state index >= 15 is 0 Å². The van der Waals surface area contributed by atoms with Crippen molar-refractivity contribution in [1.82, 2.24) is 9.55 Å². The second-order valence-electron chi connectivity index (χ2n) is 5.31. The van der Waals surface area contributed by atoms with E-state index in [1.165, 1.54) is 0 Å². The van der Waals surface area contributed by atoms with Gasteiger partial charge < -0.3 is 9.88 Å². The first-order chi connectivity index (χ1) is 7.50. The van der Waals surface area contributed by atoms with Crippen LogP contribution in [0.2, 0.25) is 0 Å². The third-order valence-corrected chi connectivity index (χ3v) is 2.90. The molecule has 0 aromatic carbocycles. The second-order valence-corrected chi connectivity index (χ2v) is 5.31. The van der Waals surface area contributed by atoms with Crippen molar-refractivity contribution in [2.75, 3.05) is 5.32 Å². The van der Waals surface area contributed by atoms with E-state index in [9.17, 15) is 4.79 Å². The van der Waals surface area contributed by atoms with Gasteiger partial charge in [-0.1, -0.05) is 13.8 Å². The number of anilines is 1. The largest absolute Gasteiger partial charge is 0.360 e. The lowest BCUT2D eigenvalue weighted by Gasteiger charge is -2.14. The van der Waals surface area contributed by atoms with Crippen LogP contribution in [0.1, 0.15) is 33.6 Å². The van der Waals surface area contributed by atoms with Crippen molar-refractivity contribution in [3.05, 3.63) is 22.7 Å². The lowest BCUT2D eigenvalue weighted by Crippen LogP contribution is -2.29. The topological polar surface area (TPSA) is 46.9 Å². The highest BCUT2D eigenvalue weighted by molar-refractivity contribution is 5.37. The SMILES string of the molecule is CC(C)Cn1ccnc(NC2(C)CC2)c1=O. The molecular formula is C12H19N3O. The van der Waals surface area contributed by atoms with E-state index in [1.807, 2.05) is 0 Å². The number of nitrogens with zero attached hydrogens (tertiary/aromatic N) is 2. The molecule has 0 unspecified atom stereocenters. The van der Waals surface area contributed by atoms with Gasteiger partial charge in [0.1, 0.15) is 0 Å². The highest BCUT2D eigenvalue weighted by Crippen LogP contribution is 2.36. The van der Waals surface area contributed by atoms with Crippen LogP contribution in [0.25, 0.3) is 0 Å². The molecule has 1 N–H and O–H groups in total. The summed E-state index contributed by atoms with van der Waals surface area (Å²) in [5.41, 5.74) is 0.0905. The van der Waals surface area contributed by atoms with Crippen LogP contribution < -0.4 is 10.9 Å². The van der Waals surface area contributed by atoms with Gasteiger partial charge in [-0.05, 0) is 25.7 Å². The maximum atomic E-state index is 12.0. The normalized spacial score (nSPS) is 17.5. The first kappa shape index (κ1) is 11.2. The van der Waals surface area contributed by atoms with Gasteiger partial charge in [0.05, 0.1) is 0 Å². The molecule has 16 heavy (non-hydrogen) atoms. The van der Waals surface area contributed by atoms with Crippen molar-refractivity contribution in [2.24, 2.45) is 5.92 Å². The van der Waals surface area contributed by atoms with E-state index in [2.05, 4.69) is 31.1 Å². The van der Waals surface area contributed by atoms with Crippen molar-refractivity contribution < 1.29 is 0 Å². The summed E-state index contributed by atoms with van der Waals surface area (Å²) < 4.78 is 1.73. The molecule has 4 nitrogen and oxygen atoms in total. The van der Waals surface area contributed by atoms with Gasteiger partial charge in [0, 0.05) is 24.5 Å². The summed E-state index contributed by atoms with van der Waals surface area (Å²) in [6.07, 6.45) is 5.68. The van der Waals surface area contributed by atoms with Crippen LogP contribution in [0, 0.1) is 5.92 Å². The Labute approximate surface area is 95.7 Å². The molecule has 1 aliphatic carbocycles. The third-order valence-electron chi connectivity index (χ3n) is 2.90. The summed E-state index contributed by atoms with van der Waals surface area (Å²) in [6, 6.07) is 0. The van der Waals surface area contributed by atoms with Crippen LogP contribution >= 0.6 is 0 Å². The van der Waals surface area contributed by atoms with Gasteiger partial charge in [-0.2, -0.15) is 0 Å². The second kappa shape index (κ2) is 3.92. The predicted molar refractivity (Wildman–Crippen MR) is 64.6 cm³/mol. The minimum Gasteiger partial charge on any atom is -0.360 e. The van der Waals surface area contributed by atoms with Gasteiger partial charge in [-0.15, -0.1) is 0 Å². The van der Waals surface area contributed by atoms with E-state index in [0.29, 0.717) is 11.7 Å². The van der Waals surface area contributed by atoms with E-state index < -0.39 is 0 Å². The highest BCUT2D eigenvalue weighted by atomic mass is 16.1. The van der Waals surface area contributed by atoms with Crippen LogP contribution in [0.5, 0.6) is 0 Å². The molecule has 0 amide bonds. The molecule has 0 spiro atoms. The fourth-order valence-corrected chi connectivity index (χ4v) is 1.67. The lowest BCUT2D eigenvalue weighted by atomic mass is 10.2. The molecule has 0 aliphatic heterocycles. The first-order valence-corrected chi connectivity index (χ1v) is 5.84. The zero-order valence-electron chi connectivity index (χ0n) is 10.2. The molecule has 1 saturated carbocycles. The molecule has 0 bridgehead atoms. The summed E-state index contributed by atoms with van der Waals surface area (Å²) in [7, 11) is 0. The smallest absolute Gasteiger partial charge is 0.293 e. The van der Waals surface area contributed by atoms with Crippen LogP contribution in [0.15, 0.2) is 17.2 Å². The number of hydrogen-bond donors (Lipinski definition) is 1. The minimum atomic E-state index is -0.00988. The van der Waals surface area contributed by atoms with Gasteiger partial charge in [0.2, 0.25) is 0 Å². The molecule has 1 fully saturated rings. The predicted octanol–water partition coefficient (Wildman–Crippen LogP) is 1.86. The summed E-state index contributed by atoms with van der Waals surface area (Å²) in [6.45, 7) is 7.06. The molecule has 1 aliphatic rings. The van der Waals surface area contributed by atoms with Gasteiger partial charge >= 0.3 is 0 Å². The zero-order chi connectivity index (χ0) is 11.8. The van der Waals surface area contributed by atoms with Crippen molar-refractivity contribution >= 4 is 5.82 Å². The summed E-state index contributed by atoms with van der Waals surface area (Å²) in [5, 5.41) is 3.23. The molecule has 1 aromatic heterocycles. The quantitative estimate of drug-likeness (QED) is 0.844. The molecule has 4 heteroatoms. The van der Waals surface area contributed by atoms with Gasteiger partial charge in [0.25, 0.3) is 5.56 Å². The lowest BCUT2D eigenvalue weighted by molar-refractivity contribution is 0.509. The van der Waals surface area contributed by atoms with E-state index in [4.69, 9.17) is 0 Å². The average molecular weight is 221 g/mol. The molecule has 0 saturated heterocycles. The standard InChI is InChI=1S/C12H19N3O/c1-9(2)8-15-7-6-13-10(11(15)16)14-12(3)4-5-12/h6-7,9H,4-5,8H2,1-3H3,(H,13,14). The molecule has 1 aromatic rings. The maximum Gasteiger partial charge on any atom is 0.293 e. The Kier molecular flexibility index (Phi) is 2.74.